The van der Waals surface area contributed by atoms with Crippen LogP contribution in [0.4, 0.5) is 18.9 Å². The van der Waals surface area contributed by atoms with E-state index in [0.717, 1.165) is 6.07 Å². The molecule has 1 aromatic carbocycles. The van der Waals surface area contributed by atoms with Crippen LogP contribution < -0.4 is 5.32 Å². The van der Waals surface area contributed by atoms with E-state index in [1.165, 1.54) is 12.1 Å². The summed E-state index contributed by atoms with van der Waals surface area (Å²) in [5, 5.41) is 2.52. The van der Waals surface area contributed by atoms with Crippen LogP contribution in [0.25, 0.3) is 0 Å². The second-order valence-electron chi connectivity index (χ2n) is 4.26. The number of rotatable bonds is 0. The highest BCUT2D eigenvalue weighted by atomic mass is 19.4. The van der Waals surface area contributed by atoms with Gasteiger partial charge in [0.2, 0.25) is 5.91 Å². The van der Waals surface area contributed by atoms with E-state index >= 15 is 0 Å². The summed E-state index contributed by atoms with van der Waals surface area (Å²) in [7, 11) is 0. The molecule has 1 aromatic rings. The average Bonchev–Trinajstić information content (AvgIpc) is 2.91. The molecule has 0 bridgehead atoms. The summed E-state index contributed by atoms with van der Waals surface area (Å²) in [4.78, 5) is 11.6. The largest absolute Gasteiger partial charge is 0.416 e. The van der Waals surface area contributed by atoms with E-state index in [2.05, 4.69) is 5.32 Å². The molecule has 1 amide bonds. The molecule has 16 heavy (non-hydrogen) atoms. The Morgan fingerprint density at radius 1 is 1.25 bits per heavy atom. The third kappa shape index (κ3) is 1.06. The zero-order valence-electron chi connectivity index (χ0n) is 8.19. The van der Waals surface area contributed by atoms with Gasteiger partial charge in [0.25, 0.3) is 0 Å². The Balaban J connectivity index is 2.26. The molecule has 1 N–H and O–H groups in total. The molecule has 2 aliphatic rings. The smallest absolute Gasteiger partial charge is 0.325 e. The molecule has 1 heterocycles. The van der Waals surface area contributed by atoms with E-state index in [0.29, 0.717) is 18.5 Å². The van der Waals surface area contributed by atoms with Gasteiger partial charge in [0, 0.05) is 11.3 Å². The van der Waals surface area contributed by atoms with Crippen molar-refractivity contribution in [3.63, 3.8) is 0 Å². The van der Waals surface area contributed by atoms with Gasteiger partial charge in [-0.2, -0.15) is 13.2 Å². The summed E-state index contributed by atoms with van der Waals surface area (Å²) >= 11 is 0. The number of hydrogen-bond acceptors (Lipinski definition) is 1. The number of fused-ring (bicyclic) bond motifs is 2. The van der Waals surface area contributed by atoms with Crippen LogP contribution in [0, 0.1) is 0 Å². The Hall–Kier alpha value is -1.52. The minimum atomic E-state index is -4.40. The molecule has 2 nitrogen and oxygen atoms in total. The Bertz CT molecular complexity index is 488. The number of benzene rings is 1. The second-order valence-corrected chi connectivity index (χ2v) is 4.26. The summed E-state index contributed by atoms with van der Waals surface area (Å²) in [5.41, 5.74) is -1.10. The first-order valence-electron chi connectivity index (χ1n) is 4.97. The molecule has 0 radical (unpaired) electrons. The first kappa shape index (κ1) is 9.69. The van der Waals surface area contributed by atoms with Gasteiger partial charge in [-0.25, -0.2) is 0 Å². The van der Waals surface area contributed by atoms with Crippen molar-refractivity contribution < 1.29 is 18.0 Å². The van der Waals surface area contributed by atoms with Crippen molar-refractivity contribution >= 4 is 11.6 Å². The summed E-state index contributed by atoms with van der Waals surface area (Å²) in [6, 6.07) is 3.89. The fourth-order valence-corrected chi connectivity index (χ4v) is 2.37. The van der Waals surface area contributed by atoms with Gasteiger partial charge in [-0.05, 0) is 25.0 Å². The number of carbonyl (C=O) groups excluding carboxylic acids is 1. The van der Waals surface area contributed by atoms with E-state index < -0.39 is 17.2 Å². The highest BCUT2D eigenvalue weighted by molar-refractivity contribution is 6.08. The monoisotopic (exact) mass is 227 g/mol. The molecule has 0 aromatic heterocycles. The predicted octanol–water partition coefficient (Wildman–Crippen LogP) is 2.69. The molecule has 3 rings (SSSR count). The molecule has 1 aliphatic heterocycles. The van der Waals surface area contributed by atoms with Gasteiger partial charge in [0.05, 0.1) is 11.0 Å². The van der Waals surface area contributed by atoms with Crippen LogP contribution >= 0.6 is 0 Å². The quantitative estimate of drug-likeness (QED) is 0.725. The van der Waals surface area contributed by atoms with Crippen molar-refractivity contribution in [1.29, 1.82) is 0 Å². The molecule has 84 valence electrons. The lowest BCUT2D eigenvalue weighted by molar-refractivity contribution is -0.138. The topological polar surface area (TPSA) is 29.1 Å². The normalized spacial score (nSPS) is 20.8. The maximum Gasteiger partial charge on any atom is 0.416 e. The lowest BCUT2D eigenvalue weighted by Crippen LogP contribution is -2.21. The molecule has 1 spiro atoms. The fourth-order valence-electron chi connectivity index (χ4n) is 2.37. The molecule has 1 saturated carbocycles. The van der Waals surface area contributed by atoms with Crippen LogP contribution in [0.5, 0.6) is 0 Å². The average molecular weight is 227 g/mol. The first-order chi connectivity index (χ1) is 7.45. The van der Waals surface area contributed by atoms with E-state index in [9.17, 15) is 18.0 Å². The van der Waals surface area contributed by atoms with Gasteiger partial charge in [0.15, 0.2) is 0 Å². The zero-order valence-corrected chi connectivity index (χ0v) is 8.19. The van der Waals surface area contributed by atoms with Gasteiger partial charge in [-0.3, -0.25) is 4.79 Å². The summed E-state index contributed by atoms with van der Waals surface area (Å²) in [6.45, 7) is 0. The minimum Gasteiger partial charge on any atom is -0.325 e. The van der Waals surface area contributed by atoms with Crippen LogP contribution in [0.3, 0.4) is 0 Å². The van der Waals surface area contributed by atoms with E-state index in [4.69, 9.17) is 0 Å². The molecule has 0 saturated heterocycles. The molecule has 1 aliphatic carbocycles. The molecule has 0 atom stereocenters. The van der Waals surface area contributed by atoms with Crippen molar-refractivity contribution in [1.82, 2.24) is 0 Å². The van der Waals surface area contributed by atoms with Crippen molar-refractivity contribution in [3.05, 3.63) is 29.3 Å². The van der Waals surface area contributed by atoms with E-state index in [1.807, 2.05) is 0 Å². The fraction of sp³-hybridized carbons (Fsp3) is 0.364. The molecular formula is C11H8F3NO. The lowest BCUT2D eigenvalue weighted by Gasteiger charge is -2.14. The first-order valence-corrected chi connectivity index (χ1v) is 4.97. The molecule has 5 heteroatoms. The van der Waals surface area contributed by atoms with Crippen LogP contribution in [-0.2, 0) is 16.4 Å². The van der Waals surface area contributed by atoms with Crippen LogP contribution in [0.2, 0.25) is 0 Å². The summed E-state index contributed by atoms with van der Waals surface area (Å²) in [5.74, 6) is -0.292. The van der Waals surface area contributed by atoms with Gasteiger partial charge in [-0.15, -0.1) is 0 Å². The minimum absolute atomic E-state index is 0.146. The maximum absolute atomic E-state index is 12.8. The Kier molecular flexibility index (Phi) is 1.57. The van der Waals surface area contributed by atoms with Gasteiger partial charge in [-0.1, -0.05) is 6.07 Å². The Labute approximate surface area is 89.5 Å². The number of halogens is 3. The SMILES string of the molecule is O=C1Nc2cccc(C(F)(F)F)c2C12CC2. The number of nitrogens with one attached hydrogen (secondary N) is 1. The molecular weight excluding hydrogens is 219 g/mol. The van der Waals surface area contributed by atoms with Crippen LogP contribution in [0.15, 0.2) is 18.2 Å². The zero-order chi connectivity index (χ0) is 11.6. The van der Waals surface area contributed by atoms with Gasteiger partial charge < -0.3 is 5.32 Å². The number of anilines is 1. The molecule has 0 unspecified atom stereocenters. The van der Waals surface area contributed by atoms with E-state index in [1.54, 1.807) is 0 Å². The third-order valence-electron chi connectivity index (χ3n) is 3.28. The van der Waals surface area contributed by atoms with Crippen LogP contribution in [0.1, 0.15) is 24.0 Å². The summed E-state index contributed by atoms with van der Waals surface area (Å²) < 4.78 is 38.4. The van der Waals surface area contributed by atoms with Gasteiger partial charge in [0.1, 0.15) is 0 Å². The third-order valence-corrected chi connectivity index (χ3v) is 3.28. The molecule has 1 fully saturated rings. The summed E-state index contributed by atoms with van der Waals surface area (Å²) in [6.07, 6.45) is -3.37. The van der Waals surface area contributed by atoms with Crippen molar-refractivity contribution in [3.8, 4) is 0 Å². The Morgan fingerprint density at radius 2 is 1.94 bits per heavy atom. The highest BCUT2D eigenvalue weighted by Gasteiger charge is 2.59. The van der Waals surface area contributed by atoms with Crippen molar-refractivity contribution in [2.75, 3.05) is 5.32 Å². The van der Waals surface area contributed by atoms with Crippen molar-refractivity contribution in [2.45, 2.75) is 24.4 Å². The van der Waals surface area contributed by atoms with Crippen LogP contribution in [-0.4, -0.2) is 5.91 Å². The Morgan fingerprint density at radius 3 is 2.50 bits per heavy atom. The second kappa shape index (κ2) is 2.59. The number of alkyl halides is 3. The number of hydrogen-bond donors (Lipinski definition) is 1. The number of amides is 1. The lowest BCUT2D eigenvalue weighted by atomic mass is 9.92. The highest BCUT2D eigenvalue weighted by Crippen LogP contribution is 2.58. The van der Waals surface area contributed by atoms with E-state index in [-0.39, 0.29) is 11.5 Å². The van der Waals surface area contributed by atoms with Gasteiger partial charge >= 0.3 is 6.18 Å². The predicted molar refractivity (Wildman–Crippen MR) is 51.0 cm³/mol. The van der Waals surface area contributed by atoms with Crippen molar-refractivity contribution in [2.24, 2.45) is 0 Å². The maximum atomic E-state index is 12.8. The number of carbonyl (C=O) groups is 1. The standard InChI is InChI=1S/C11H8F3NO/c12-11(13,14)6-2-1-3-7-8(6)10(4-5-10)9(16)15-7/h1-3H,4-5H2,(H,15,16).